The standard InChI is InChI=1S/C12H19FN2O2/c1-15(7-10(16)8-17-2)12-4-3-9(6-14)5-11(12)13/h3-5,10,16H,6-8,14H2,1-2H3. The number of nitrogens with zero attached hydrogens (tertiary/aromatic N) is 1. The number of methoxy groups -OCH3 is 1. The normalized spacial score (nSPS) is 12.5. The van der Waals surface area contributed by atoms with Gasteiger partial charge in [0.2, 0.25) is 0 Å². The molecule has 0 bridgehead atoms. The molecule has 0 aliphatic rings. The van der Waals surface area contributed by atoms with Gasteiger partial charge in [-0.1, -0.05) is 6.07 Å². The summed E-state index contributed by atoms with van der Waals surface area (Å²) >= 11 is 0. The van der Waals surface area contributed by atoms with Crippen LogP contribution in [-0.2, 0) is 11.3 Å². The highest BCUT2D eigenvalue weighted by Crippen LogP contribution is 2.19. The largest absolute Gasteiger partial charge is 0.389 e. The van der Waals surface area contributed by atoms with Gasteiger partial charge in [0.05, 0.1) is 18.4 Å². The molecule has 0 fully saturated rings. The van der Waals surface area contributed by atoms with Gasteiger partial charge in [0.25, 0.3) is 0 Å². The van der Waals surface area contributed by atoms with Crippen molar-refractivity contribution in [3.8, 4) is 0 Å². The molecule has 4 nitrogen and oxygen atoms in total. The maximum Gasteiger partial charge on any atom is 0.146 e. The minimum atomic E-state index is -0.640. The minimum Gasteiger partial charge on any atom is -0.389 e. The molecular formula is C12H19FN2O2. The molecule has 17 heavy (non-hydrogen) atoms. The maximum atomic E-state index is 13.7. The predicted molar refractivity (Wildman–Crippen MR) is 65.4 cm³/mol. The lowest BCUT2D eigenvalue weighted by Crippen LogP contribution is -2.32. The second-order valence-corrected chi connectivity index (χ2v) is 3.98. The maximum absolute atomic E-state index is 13.7. The van der Waals surface area contributed by atoms with E-state index in [0.717, 1.165) is 5.56 Å². The van der Waals surface area contributed by atoms with Crippen molar-refractivity contribution in [3.05, 3.63) is 29.6 Å². The van der Waals surface area contributed by atoms with Crippen LogP contribution >= 0.6 is 0 Å². The Balaban J connectivity index is 2.71. The van der Waals surface area contributed by atoms with Crippen LogP contribution in [0, 0.1) is 5.82 Å². The zero-order valence-electron chi connectivity index (χ0n) is 10.2. The Hall–Kier alpha value is -1.17. The van der Waals surface area contributed by atoms with Crippen molar-refractivity contribution in [2.45, 2.75) is 12.6 Å². The fraction of sp³-hybridized carbons (Fsp3) is 0.500. The van der Waals surface area contributed by atoms with Crippen molar-refractivity contribution in [1.29, 1.82) is 0 Å². The number of anilines is 1. The number of benzene rings is 1. The van der Waals surface area contributed by atoms with Gasteiger partial charge < -0.3 is 20.5 Å². The molecule has 1 aromatic carbocycles. The van der Waals surface area contributed by atoms with Crippen LogP contribution in [0.3, 0.4) is 0 Å². The Labute approximate surface area is 101 Å². The fourth-order valence-electron chi connectivity index (χ4n) is 1.65. The highest BCUT2D eigenvalue weighted by molar-refractivity contribution is 5.48. The second-order valence-electron chi connectivity index (χ2n) is 3.98. The van der Waals surface area contributed by atoms with E-state index in [4.69, 9.17) is 10.5 Å². The molecule has 1 unspecified atom stereocenters. The number of likely N-dealkylation sites (N-methyl/N-ethyl adjacent to an activating group) is 1. The van der Waals surface area contributed by atoms with Crippen LogP contribution in [0.25, 0.3) is 0 Å². The Morgan fingerprint density at radius 2 is 2.24 bits per heavy atom. The first kappa shape index (κ1) is 13.9. The van der Waals surface area contributed by atoms with Gasteiger partial charge in [0.1, 0.15) is 5.82 Å². The molecule has 0 saturated carbocycles. The summed E-state index contributed by atoms with van der Waals surface area (Å²) in [5.41, 5.74) is 6.62. The summed E-state index contributed by atoms with van der Waals surface area (Å²) in [5.74, 6) is -0.333. The van der Waals surface area contributed by atoms with Crippen LogP contribution in [0.2, 0.25) is 0 Å². The Morgan fingerprint density at radius 1 is 1.53 bits per heavy atom. The molecule has 1 aromatic rings. The van der Waals surface area contributed by atoms with Gasteiger partial charge in [-0.25, -0.2) is 4.39 Å². The molecule has 1 atom stereocenters. The first-order chi connectivity index (χ1) is 8.08. The van der Waals surface area contributed by atoms with Crippen LogP contribution in [0.1, 0.15) is 5.56 Å². The van der Waals surface area contributed by atoms with Gasteiger partial charge in [0, 0.05) is 27.2 Å². The van der Waals surface area contributed by atoms with Crippen LogP contribution in [0.5, 0.6) is 0 Å². The zero-order valence-corrected chi connectivity index (χ0v) is 10.2. The lowest BCUT2D eigenvalue weighted by atomic mass is 10.2. The summed E-state index contributed by atoms with van der Waals surface area (Å²) < 4.78 is 18.5. The lowest BCUT2D eigenvalue weighted by molar-refractivity contribution is 0.0694. The SMILES string of the molecule is COCC(O)CN(C)c1ccc(CN)cc1F. The summed E-state index contributed by atoms with van der Waals surface area (Å²) in [6, 6.07) is 4.85. The van der Waals surface area contributed by atoms with Gasteiger partial charge >= 0.3 is 0 Å². The number of halogens is 1. The quantitative estimate of drug-likeness (QED) is 0.772. The average Bonchev–Trinajstić information content (AvgIpc) is 2.28. The third-order valence-electron chi connectivity index (χ3n) is 2.50. The molecule has 96 valence electrons. The summed E-state index contributed by atoms with van der Waals surface area (Å²) in [7, 11) is 3.24. The van der Waals surface area contributed by atoms with Crippen molar-refractivity contribution >= 4 is 5.69 Å². The molecule has 0 aromatic heterocycles. The van der Waals surface area contributed by atoms with Crippen molar-refractivity contribution in [1.82, 2.24) is 0 Å². The topological polar surface area (TPSA) is 58.7 Å². The molecule has 0 spiro atoms. The summed E-state index contributed by atoms with van der Waals surface area (Å²) in [6.07, 6.45) is -0.640. The average molecular weight is 242 g/mol. The van der Waals surface area contributed by atoms with E-state index in [-0.39, 0.29) is 12.4 Å². The van der Waals surface area contributed by atoms with Gasteiger partial charge in [-0.3, -0.25) is 0 Å². The molecule has 3 N–H and O–H groups in total. The molecule has 0 radical (unpaired) electrons. The van der Waals surface area contributed by atoms with Gasteiger partial charge in [-0.2, -0.15) is 0 Å². The van der Waals surface area contributed by atoms with Gasteiger partial charge in [0.15, 0.2) is 0 Å². The van der Waals surface area contributed by atoms with E-state index in [1.54, 1.807) is 24.1 Å². The first-order valence-corrected chi connectivity index (χ1v) is 5.45. The number of ether oxygens (including phenoxy) is 1. The molecule has 0 saturated heterocycles. The van der Waals surface area contributed by atoms with E-state index in [0.29, 0.717) is 18.8 Å². The molecule has 0 aliphatic heterocycles. The molecule has 0 heterocycles. The first-order valence-electron chi connectivity index (χ1n) is 5.45. The lowest BCUT2D eigenvalue weighted by Gasteiger charge is -2.23. The summed E-state index contributed by atoms with van der Waals surface area (Å²) in [5, 5.41) is 9.56. The molecule has 0 aliphatic carbocycles. The highest BCUT2D eigenvalue weighted by atomic mass is 19.1. The number of nitrogens with two attached hydrogens (primary N) is 1. The molecule has 0 amide bonds. The Kier molecular flexibility index (Phi) is 5.34. The fourth-order valence-corrected chi connectivity index (χ4v) is 1.65. The van der Waals surface area contributed by atoms with E-state index in [2.05, 4.69) is 0 Å². The van der Waals surface area contributed by atoms with E-state index in [1.165, 1.54) is 13.2 Å². The number of rotatable bonds is 6. The molecule has 1 rings (SSSR count). The zero-order chi connectivity index (χ0) is 12.8. The third-order valence-corrected chi connectivity index (χ3v) is 2.50. The highest BCUT2D eigenvalue weighted by Gasteiger charge is 2.12. The van der Waals surface area contributed by atoms with E-state index < -0.39 is 6.10 Å². The minimum absolute atomic E-state index is 0.229. The summed E-state index contributed by atoms with van der Waals surface area (Å²) in [4.78, 5) is 1.65. The van der Waals surface area contributed by atoms with Crippen LogP contribution < -0.4 is 10.6 Å². The van der Waals surface area contributed by atoms with Crippen molar-refractivity contribution in [2.24, 2.45) is 5.73 Å². The van der Waals surface area contributed by atoms with Crippen molar-refractivity contribution in [2.75, 3.05) is 32.2 Å². The smallest absolute Gasteiger partial charge is 0.146 e. The Bertz CT molecular complexity index is 360. The number of hydrogen-bond acceptors (Lipinski definition) is 4. The monoisotopic (exact) mass is 242 g/mol. The van der Waals surface area contributed by atoms with Gasteiger partial charge in [-0.05, 0) is 17.7 Å². The number of hydrogen-bond donors (Lipinski definition) is 2. The number of aliphatic hydroxyl groups is 1. The van der Waals surface area contributed by atoms with Crippen molar-refractivity contribution < 1.29 is 14.2 Å². The van der Waals surface area contributed by atoms with E-state index >= 15 is 0 Å². The third kappa shape index (κ3) is 3.96. The summed E-state index contributed by atoms with van der Waals surface area (Å²) in [6.45, 7) is 0.854. The molecular weight excluding hydrogens is 223 g/mol. The van der Waals surface area contributed by atoms with Crippen LogP contribution in [0.4, 0.5) is 10.1 Å². The Morgan fingerprint density at radius 3 is 2.76 bits per heavy atom. The predicted octanol–water partition coefficient (Wildman–Crippen LogP) is 0.728. The van der Waals surface area contributed by atoms with Crippen LogP contribution in [0.15, 0.2) is 18.2 Å². The van der Waals surface area contributed by atoms with E-state index in [1.807, 2.05) is 0 Å². The van der Waals surface area contributed by atoms with Gasteiger partial charge in [-0.15, -0.1) is 0 Å². The molecule has 5 heteroatoms. The second kappa shape index (κ2) is 6.54. The van der Waals surface area contributed by atoms with E-state index in [9.17, 15) is 9.50 Å². The number of aliphatic hydroxyl groups excluding tert-OH is 1. The van der Waals surface area contributed by atoms with Crippen LogP contribution in [-0.4, -0.2) is 38.5 Å². The van der Waals surface area contributed by atoms with Crippen molar-refractivity contribution in [3.63, 3.8) is 0 Å².